The molecule has 0 fully saturated rings. The van der Waals surface area contributed by atoms with Crippen molar-refractivity contribution in [1.29, 1.82) is 0 Å². The molecule has 0 aliphatic rings. The second-order valence-electron chi connectivity index (χ2n) is 5.68. The van der Waals surface area contributed by atoms with E-state index in [1.54, 1.807) is 6.20 Å². The van der Waals surface area contributed by atoms with Crippen LogP contribution in [0.4, 0.5) is 5.82 Å². The Balaban J connectivity index is 0.000000403. The van der Waals surface area contributed by atoms with Crippen molar-refractivity contribution >= 4 is 38.0 Å². The van der Waals surface area contributed by atoms with E-state index < -0.39 is 10.4 Å². The lowest BCUT2D eigenvalue weighted by Crippen LogP contribution is -2.09. The van der Waals surface area contributed by atoms with Crippen molar-refractivity contribution in [2.45, 2.75) is 6.61 Å². The first-order chi connectivity index (χ1) is 13.3. The molecule has 0 unspecified atom stereocenters. The lowest BCUT2D eigenvalue weighted by Gasteiger charge is -2.06. The van der Waals surface area contributed by atoms with Crippen LogP contribution in [0.15, 0.2) is 54.7 Å². The van der Waals surface area contributed by atoms with Gasteiger partial charge in [0.25, 0.3) is 0 Å². The number of fused-ring (bicyclic) bond motifs is 3. The molecule has 2 aromatic carbocycles. The maximum absolute atomic E-state index is 8.74. The molecule has 0 saturated heterocycles. The Morgan fingerprint density at radius 2 is 1.82 bits per heavy atom. The first-order valence-electron chi connectivity index (χ1n) is 7.95. The molecule has 2 heterocycles. The maximum atomic E-state index is 8.74. The van der Waals surface area contributed by atoms with Crippen LogP contribution < -0.4 is 16.0 Å². The number of nitrogen functional groups attached to an aromatic ring is 1. The van der Waals surface area contributed by atoms with Crippen LogP contribution in [-0.4, -0.2) is 32.7 Å². The van der Waals surface area contributed by atoms with Gasteiger partial charge in [-0.25, -0.2) is 5.84 Å². The first-order valence-corrected chi connectivity index (χ1v) is 9.35. The number of rotatable bonds is 4. The molecule has 6 N–H and O–H groups in total. The van der Waals surface area contributed by atoms with Gasteiger partial charge < -0.3 is 15.1 Å². The number of nitrogens with zero attached hydrogens (tertiary/aromatic N) is 2. The summed E-state index contributed by atoms with van der Waals surface area (Å²) in [4.78, 5) is 3.30. The third-order valence-corrected chi connectivity index (χ3v) is 3.78. The van der Waals surface area contributed by atoms with Gasteiger partial charge in [-0.2, -0.15) is 13.5 Å². The molecule has 0 aliphatic heterocycles. The van der Waals surface area contributed by atoms with E-state index >= 15 is 0 Å². The van der Waals surface area contributed by atoms with E-state index in [1.165, 1.54) is 0 Å². The number of benzene rings is 2. The third kappa shape index (κ3) is 4.92. The van der Waals surface area contributed by atoms with E-state index in [0.717, 1.165) is 33.1 Å². The Morgan fingerprint density at radius 1 is 1.11 bits per heavy atom. The predicted octanol–water partition coefficient (Wildman–Crippen LogP) is 2.32. The van der Waals surface area contributed by atoms with Crippen LogP contribution in [0.5, 0.6) is 5.75 Å². The van der Waals surface area contributed by atoms with Gasteiger partial charge in [0.1, 0.15) is 12.4 Å². The number of hydrogen-bond donors (Lipinski definition) is 5. The monoisotopic (exact) mass is 403 g/mol. The first kappa shape index (κ1) is 19.5. The Morgan fingerprint density at radius 3 is 2.50 bits per heavy atom. The predicted molar refractivity (Wildman–Crippen MR) is 104 cm³/mol. The standard InChI is InChI=1S/C17H15N5O.H2O4S/c18-21-17-16-14(9-19-22-17)13-8-12(6-7-15(13)20-16)23-10-11-4-2-1-3-5-11;1-5(2,3)4/h1-9,20H,10,18H2,(H,21,22);(H2,1,2,3,4). The summed E-state index contributed by atoms with van der Waals surface area (Å²) in [6.07, 6.45) is 1.72. The number of nitrogens with two attached hydrogens (primary N) is 1. The van der Waals surface area contributed by atoms with Gasteiger partial charge in [0, 0.05) is 16.3 Å². The fourth-order valence-electron chi connectivity index (χ4n) is 2.64. The molecule has 0 atom stereocenters. The summed E-state index contributed by atoms with van der Waals surface area (Å²) in [7, 11) is -4.67. The van der Waals surface area contributed by atoms with Gasteiger partial charge >= 0.3 is 10.4 Å². The summed E-state index contributed by atoms with van der Waals surface area (Å²) < 4.78 is 37.5. The van der Waals surface area contributed by atoms with E-state index in [-0.39, 0.29) is 0 Å². The molecule has 0 bridgehead atoms. The van der Waals surface area contributed by atoms with Gasteiger partial charge in [-0.15, -0.1) is 5.10 Å². The lowest BCUT2D eigenvalue weighted by atomic mass is 10.2. The highest BCUT2D eigenvalue weighted by atomic mass is 32.3. The van der Waals surface area contributed by atoms with Crippen molar-refractivity contribution in [2.75, 3.05) is 5.43 Å². The fraction of sp³-hybridized carbons (Fsp3) is 0.0588. The highest BCUT2D eigenvalue weighted by molar-refractivity contribution is 7.79. The van der Waals surface area contributed by atoms with Crippen LogP contribution >= 0.6 is 0 Å². The second kappa shape index (κ2) is 8.19. The molecule has 10 nitrogen and oxygen atoms in total. The molecule has 28 heavy (non-hydrogen) atoms. The highest BCUT2D eigenvalue weighted by Gasteiger charge is 2.10. The van der Waals surface area contributed by atoms with Gasteiger partial charge in [-0.1, -0.05) is 30.3 Å². The summed E-state index contributed by atoms with van der Waals surface area (Å²) in [6.45, 7) is 0.532. The zero-order chi connectivity index (χ0) is 20.1. The Bertz CT molecular complexity index is 1190. The molecule has 0 amide bonds. The van der Waals surface area contributed by atoms with Crippen LogP contribution in [0.25, 0.3) is 21.8 Å². The Labute approximate surface area is 159 Å². The number of ether oxygens (including phenoxy) is 1. The summed E-state index contributed by atoms with van der Waals surface area (Å²) in [6, 6.07) is 16.0. The minimum atomic E-state index is -4.67. The molecule has 2 aromatic heterocycles. The minimum Gasteiger partial charge on any atom is -0.489 e. The molecule has 4 aromatic rings. The number of H-pyrrole nitrogens is 1. The normalized spacial score (nSPS) is 11.1. The number of nitrogens with one attached hydrogen (secondary N) is 2. The quantitative estimate of drug-likeness (QED) is 0.195. The van der Waals surface area contributed by atoms with Gasteiger partial charge in [0.05, 0.1) is 11.7 Å². The summed E-state index contributed by atoms with van der Waals surface area (Å²) in [5.41, 5.74) is 5.50. The van der Waals surface area contributed by atoms with E-state index in [9.17, 15) is 0 Å². The lowest BCUT2D eigenvalue weighted by molar-refractivity contribution is 0.306. The van der Waals surface area contributed by atoms with E-state index in [0.29, 0.717) is 12.4 Å². The molecule has 4 rings (SSSR count). The van der Waals surface area contributed by atoms with E-state index in [1.807, 2.05) is 48.5 Å². The summed E-state index contributed by atoms with van der Waals surface area (Å²) >= 11 is 0. The van der Waals surface area contributed by atoms with Crippen LogP contribution in [-0.2, 0) is 17.0 Å². The molecule has 0 spiro atoms. The number of hydrogen-bond acceptors (Lipinski definition) is 7. The molecule has 0 radical (unpaired) electrons. The van der Waals surface area contributed by atoms with Crippen molar-refractivity contribution in [1.82, 2.24) is 15.2 Å². The molecule has 11 heteroatoms. The molecule has 0 saturated carbocycles. The fourth-order valence-corrected chi connectivity index (χ4v) is 2.64. The van der Waals surface area contributed by atoms with Crippen LogP contribution in [0.3, 0.4) is 0 Å². The molecular formula is C17H17N5O5S. The van der Waals surface area contributed by atoms with Crippen molar-refractivity contribution < 1.29 is 22.3 Å². The van der Waals surface area contributed by atoms with E-state index in [4.69, 9.17) is 28.1 Å². The Hall–Kier alpha value is -3.25. The number of aromatic nitrogens is 3. The average Bonchev–Trinajstić information content (AvgIpc) is 3.04. The maximum Gasteiger partial charge on any atom is 0.394 e. The molecule has 146 valence electrons. The van der Waals surface area contributed by atoms with Crippen molar-refractivity contribution in [3.05, 3.63) is 60.3 Å². The molecule has 0 aliphatic carbocycles. The topological polar surface area (TPSA) is 163 Å². The second-order valence-corrected chi connectivity index (χ2v) is 6.58. The van der Waals surface area contributed by atoms with E-state index in [2.05, 4.69) is 20.6 Å². The number of aromatic amines is 1. The molecular weight excluding hydrogens is 386 g/mol. The summed E-state index contributed by atoms with van der Waals surface area (Å²) in [5.74, 6) is 6.81. The van der Waals surface area contributed by atoms with Crippen LogP contribution in [0.2, 0.25) is 0 Å². The van der Waals surface area contributed by atoms with Gasteiger partial charge in [0.15, 0.2) is 5.82 Å². The van der Waals surface area contributed by atoms with Crippen LogP contribution in [0.1, 0.15) is 5.56 Å². The zero-order valence-electron chi connectivity index (χ0n) is 14.4. The van der Waals surface area contributed by atoms with Gasteiger partial charge in [0.2, 0.25) is 0 Å². The average molecular weight is 403 g/mol. The van der Waals surface area contributed by atoms with Crippen LogP contribution in [0, 0.1) is 0 Å². The van der Waals surface area contributed by atoms with Crippen molar-refractivity contribution in [2.24, 2.45) is 5.84 Å². The third-order valence-electron chi connectivity index (χ3n) is 3.78. The SMILES string of the molecule is NNc1nncc2c1[nH]c1ccc(OCc3ccccc3)cc12.O=S(=O)(O)O. The minimum absolute atomic E-state index is 0.519. The van der Waals surface area contributed by atoms with Crippen molar-refractivity contribution in [3.63, 3.8) is 0 Å². The smallest absolute Gasteiger partial charge is 0.394 e. The highest BCUT2D eigenvalue weighted by Crippen LogP contribution is 2.30. The van der Waals surface area contributed by atoms with Gasteiger partial charge in [-0.3, -0.25) is 9.11 Å². The number of hydrazine groups is 1. The largest absolute Gasteiger partial charge is 0.489 e. The van der Waals surface area contributed by atoms with Crippen molar-refractivity contribution in [3.8, 4) is 5.75 Å². The Kier molecular flexibility index (Phi) is 5.70. The zero-order valence-corrected chi connectivity index (χ0v) is 15.2. The summed E-state index contributed by atoms with van der Waals surface area (Å²) in [5, 5.41) is 9.92. The number of anilines is 1. The van der Waals surface area contributed by atoms with Gasteiger partial charge in [-0.05, 0) is 23.8 Å².